The van der Waals surface area contributed by atoms with Gasteiger partial charge in [0.15, 0.2) is 5.78 Å². The first-order valence-electron chi connectivity index (χ1n) is 7.03. The molecule has 116 valence electrons. The SMILES string of the molecule is CC(=O)C(C)n1c(C)c[n+]2c1N=C1C2C(=O)N(C)C(=O)N1C. The second kappa shape index (κ2) is 4.49. The molecule has 3 rings (SSSR count). The van der Waals surface area contributed by atoms with E-state index in [1.807, 2.05) is 6.92 Å². The smallest absolute Gasteiger partial charge is 0.296 e. The van der Waals surface area contributed by atoms with Crippen LogP contribution in [0.25, 0.3) is 0 Å². The molecule has 8 heteroatoms. The van der Waals surface area contributed by atoms with E-state index in [1.54, 1.807) is 29.3 Å². The highest BCUT2D eigenvalue weighted by Gasteiger charge is 2.52. The Labute approximate surface area is 127 Å². The van der Waals surface area contributed by atoms with E-state index in [0.29, 0.717) is 11.8 Å². The lowest BCUT2D eigenvalue weighted by Crippen LogP contribution is -2.61. The van der Waals surface area contributed by atoms with Crippen molar-refractivity contribution in [2.24, 2.45) is 4.99 Å². The number of aliphatic imine (C=N–C) groups is 1. The number of carbonyl (C=O) groups is 3. The van der Waals surface area contributed by atoms with E-state index in [2.05, 4.69) is 4.99 Å². The summed E-state index contributed by atoms with van der Waals surface area (Å²) in [4.78, 5) is 43.1. The summed E-state index contributed by atoms with van der Waals surface area (Å²) in [6, 6.07) is -1.44. The van der Waals surface area contributed by atoms with E-state index >= 15 is 0 Å². The van der Waals surface area contributed by atoms with E-state index in [0.717, 1.165) is 10.6 Å². The fourth-order valence-corrected chi connectivity index (χ4v) is 2.94. The molecule has 8 nitrogen and oxygen atoms in total. The molecule has 1 aromatic rings. The number of likely N-dealkylation sites (N-methyl/N-ethyl adjacent to an activating group) is 2. The number of amidine groups is 1. The number of imidazole rings is 1. The number of hydrogen-bond donors (Lipinski definition) is 0. The molecule has 1 aromatic heterocycles. The maximum absolute atomic E-state index is 12.5. The molecule has 0 saturated carbocycles. The summed E-state index contributed by atoms with van der Waals surface area (Å²) in [6.07, 6.45) is 1.80. The number of hydrogen-bond acceptors (Lipinski definition) is 4. The molecule has 0 radical (unpaired) electrons. The number of fused-ring (bicyclic) bond motifs is 3. The van der Waals surface area contributed by atoms with Crippen LogP contribution in [0.5, 0.6) is 0 Å². The van der Waals surface area contributed by atoms with Crippen molar-refractivity contribution in [1.82, 2.24) is 14.4 Å². The van der Waals surface area contributed by atoms with Crippen LogP contribution in [-0.2, 0) is 9.59 Å². The molecule has 2 atom stereocenters. The van der Waals surface area contributed by atoms with Crippen LogP contribution >= 0.6 is 0 Å². The van der Waals surface area contributed by atoms with Crippen LogP contribution < -0.4 is 4.57 Å². The summed E-state index contributed by atoms with van der Waals surface area (Å²) >= 11 is 0. The topological polar surface area (TPSA) is 78.9 Å². The fourth-order valence-electron chi connectivity index (χ4n) is 2.94. The van der Waals surface area contributed by atoms with Gasteiger partial charge < -0.3 is 0 Å². The Morgan fingerprint density at radius 2 is 1.95 bits per heavy atom. The van der Waals surface area contributed by atoms with Crippen LogP contribution in [0, 0.1) is 6.92 Å². The van der Waals surface area contributed by atoms with Gasteiger partial charge in [-0.3, -0.25) is 19.4 Å². The Kier molecular flexibility index (Phi) is 2.95. The molecule has 0 aliphatic carbocycles. The third-order valence-electron chi connectivity index (χ3n) is 4.35. The summed E-state index contributed by atoms with van der Waals surface area (Å²) < 4.78 is 3.52. The number of amides is 3. The molecule has 3 amide bonds. The molecule has 0 N–H and O–H groups in total. The largest absolute Gasteiger partial charge is 0.402 e. The standard InChI is InChI=1S/C14H18N5O3/c1-7-6-18-10-11(16(4)14(22)17(5)12(10)21)15-13(18)19(7)8(2)9(3)20/h6,8,10H,1-5H3/q+1. The zero-order valence-electron chi connectivity index (χ0n) is 13.2. The van der Waals surface area contributed by atoms with Crippen molar-refractivity contribution in [3.8, 4) is 0 Å². The maximum atomic E-state index is 12.5. The lowest BCUT2D eigenvalue weighted by Gasteiger charge is -2.30. The molecule has 2 aliphatic heterocycles. The van der Waals surface area contributed by atoms with E-state index in [4.69, 9.17) is 0 Å². The number of nitrogens with zero attached hydrogens (tertiary/aromatic N) is 5. The first kappa shape index (κ1) is 14.4. The van der Waals surface area contributed by atoms with Crippen LogP contribution in [0.15, 0.2) is 11.2 Å². The highest BCUT2D eigenvalue weighted by molar-refractivity contribution is 6.18. The van der Waals surface area contributed by atoms with Gasteiger partial charge in [-0.05, 0) is 20.8 Å². The molecule has 1 saturated heterocycles. The fraction of sp³-hybridized carbons (Fsp3) is 0.500. The number of Topliss-reactive ketones (excluding diaryl/α,β-unsaturated/α-hetero) is 1. The lowest BCUT2D eigenvalue weighted by molar-refractivity contribution is -0.677. The first-order valence-corrected chi connectivity index (χ1v) is 7.03. The number of ketones is 1. The van der Waals surface area contributed by atoms with Crippen LogP contribution in [0.1, 0.15) is 31.6 Å². The third kappa shape index (κ3) is 1.66. The Bertz CT molecular complexity index is 748. The minimum atomic E-state index is -0.651. The van der Waals surface area contributed by atoms with Crippen LogP contribution in [-0.4, -0.2) is 52.0 Å². The van der Waals surface area contributed by atoms with E-state index < -0.39 is 12.1 Å². The molecule has 0 bridgehead atoms. The van der Waals surface area contributed by atoms with Crippen molar-refractivity contribution in [3.63, 3.8) is 0 Å². The molecule has 2 unspecified atom stereocenters. The Balaban J connectivity index is 2.18. The molecule has 22 heavy (non-hydrogen) atoms. The van der Waals surface area contributed by atoms with Crippen molar-refractivity contribution in [2.75, 3.05) is 14.1 Å². The second-order valence-corrected chi connectivity index (χ2v) is 5.75. The molecule has 3 heterocycles. The quantitative estimate of drug-likeness (QED) is 0.739. The third-order valence-corrected chi connectivity index (χ3v) is 4.35. The maximum Gasteiger partial charge on any atom is 0.402 e. The number of rotatable bonds is 2. The van der Waals surface area contributed by atoms with Crippen molar-refractivity contribution in [2.45, 2.75) is 32.9 Å². The van der Waals surface area contributed by atoms with Crippen LogP contribution in [0.2, 0.25) is 0 Å². The summed E-state index contributed by atoms with van der Waals surface area (Å²) in [5, 5.41) is 0. The molecular weight excluding hydrogens is 286 g/mol. The van der Waals surface area contributed by atoms with Gasteiger partial charge in [-0.15, -0.1) is 0 Å². The molecular formula is C14H18N5O3+. The van der Waals surface area contributed by atoms with E-state index in [-0.39, 0.29) is 17.7 Å². The number of aromatic nitrogens is 2. The average Bonchev–Trinajstić information content (AvgIpc) is 2.96. The Morgan fingerprint density at radius 3 is 2.55 bits per heavy atom. The van der Waals surface area contributed by atoms with Gasteiger partial charge in [0.2, 0.25) is 11.9 Å². The van der Waals surface area contributed by atoms with Crippen molar-refractivity contribution in [1.29, 1.82) is 0 Å². The van der Waals surface area contributed by atoms with Crippen molar-refractivity contribution >= 4 is 29.5 Å². The van der Waals surface area contributed by atoms with Gasteiger partial charge in [0.25, 0.3) is 5.91 Å². The monoisotopic (exact) mass is 304 g/mol. The number of imide groups is 1. The zero-order chi connectivity index (χ0) is 16.3. The van der Waals surface area contributed by atoms with Crippen LogP contribution in [0.3, 0.4) is 0 Å². The van der Waals surface area contributed by atoms with Gasteiger partial charge in [0.05, 0.1) is 0 Å². The number of aryl methyl sites for hydroxylation is 1. The van der Waals surface area contributed by atoms with E-state index in [1.165, 1.54) is 18.9 Å². The van der Waals surface area contributed by atoms with Gasteiger partial charge >= 0.3 is 12.0 Å². The Hall–Kier alpha value is -2.51. The minimum Gasteiger partial charge on any atom is -0.296 e. The summed E-state index contributed by atoms with van der Waals surface area (Å²) in [6.45, 7) is 5.18. The first-order chi connectivity index (χ1) is 10.3. The van der Waals surface area contributed by atoms with Gasteiger partial charge in [0, 0.05) is 14.1 Å². The normalized spacial score (nSPS) is 21.7. The molecule has 0 aromatic carbocycles. The minimum absolute atomic E-state index is 0.00467. The highest BCUT2D eigenvalue weighted by atomic mass is 16.2. The van der Waals surface area contributed by atoms with Crippen molar-refractivity contribution < 1.29 is 19.0 Å². The van der Waals surface area contributed by atoms with Gasteiger partial charge in [0.1, 0.15) is 17.9 Å². The van der Waals surface area contributed by atoms with Crippen LogP contribution in [0.4, 0.5) is 10.7 Å². The predicted molar refractivity (Wildman–Crippen MR) is 76.8 cm³/mol. The molecule has 2 aliphatic rings. The van der Waals surface area contributed by atoms with Gasteiger partial charge in [-0.25, -0.2) is 13.9 Å². The number of urea groups is 1. The highest BCUT2D eigenvalue weighted by Crippen LogP contribution is 2.30. The molecule has 0 spiro atoms. The summed E-state index contributed by atoms with van der Waals surface area (Å²) in [5.41, 5.74) is 0.843. The summed E-state index contributed by atoms with van der Waals surface area (Å²) in [5.74, 6) is 0.597. The predicted octanol–water partition coefficient (Wildman–Crippen LogP) is 0.343. The van der Waals surface area contributed by atoms with E-state index in [9.17, 15) is 14.4 Å². The Morgan fingerprint density at radius 1 is 1.32 bits per heavy atom. The van der Waals surface area contributed by atoms with Gasteiger partial charge in [-0.1, -0.05) is 4.99 Å². The molecule has 1 fully saturated rings. The lowest BCUT2D eigenvalue weighted by atomic mass is 10.2. The summed E-state index contributed by atoms with van der Waals surface area (Å²) in [7, 11) is 3.05. The second-order valence-electron chi connectivity index (χ2n) is 5.75. The zero-order valence-corrected chi connectivity index (χ0v) is 13.2. The van der Waals surface area contributed by atoms with Crippen molar-refractivity contribution in [3.05, 3.63) is 11.9 Å². The van der Waals surface area contributed by atoms with Gasteiger partial charge in [-0.2, -0.15) is 0 Å². The average molecular weight is 304 g/mol. The number of carbonyl (C=O) groups excluding carboxylic acids is 3.